The lowest BCUT2D eigenvalue weighted by atomic mass is 9.77. The van der Waals surface area contributed by atoms with E-state index < -0.39 is 0 Å². The van der Waals surface area contributed by atoms with Crippen molar-refractivity contribution in [1.29, 1.82) is 0 Å². The molecule has 0 heterocycles. The summed E-state index contributed by atoms with van der Waals surface area (Å²) in [6, 6.07) is 4.38. The zero-order valence-electron chi connectivity index (χ0n) is 8.97. The van der Waals surface area contributed by atoms with Gasteiger partial charge in [-0.15, -0.1) is 0 Å². The Bertz CT molecular complexity index is 374. The van der Waals surface area contributed by atoms with E-state index in [2.05, 4.69) is 5.32 Å². The normalized spacial score (nSPS) is 18.2. The molecule has 1 aromatic carbocycles. The van der Waals surface area contributed by atoms with E-state index in [1.165, 1.54) is 12.1 Å². The molecule has 1 aliphatic rings. The first-order valence-corrected chi connectivity index (χ1v) is 5.83. The molecule has 1 aromatic rings. The summed E-state index contributed by atoms with van der Waals surface area (Å²) in [6.07, 6.45) is 3.12. The van der Waals surface area contributed by atoms with E-state index in [0.717, 1.165) is 24.8 Å². The molecular weight excluding hydrogens is 229 g/mol. The fraction of sp³-hybridized carbons (Fsp3) is 0.500. The van der Waals surface area contributed by atoms with Gasteiger partial charge in [-0.05, 0) is 37.0 Å². The summed E-state index contributed by atoms with van der Waals surface area (Å²) in [4.78, 5) is 0. The van der Waals surface area contributed by atoms with Gasteiger partial charge >= 0.3 is 0 Å². The molecule has 0 radical (unpaired) electrons. The van der Waals surface area contributed by atoms with Gasteiger partial charge in [-0.25, -0.2) is 4.39 Å². The van der Waals surface area contributed by atoms with Crippen molar-refractivity contribution in [1.82, 2.24) is 5.32 Å². The molecule has 1 saturated carbocycles. The Balaban J connectivity index is 1.99. The molecule has 2 rings (SSSR count). The molecule has 16 heavy (non-hydrogen) atoms. The zero-order chi connectivity index (χ0) is 11.6. The minimum atomic E-state index is -0.325. The van der Waals surface area contributed by atoms with Gasteiger partial charge in [0.25, 0.3) is 0 Å². The topological polar surface area (TPSA) is 32.3 Å². The number of hydrogen-bond donors (Lipinski definition) is 2. The van der Waals surface area contributed by atoms with Crippen molar-refractivity contribution >= 4 is 11.6 Å². The summed E-state index contributed by atoms with van der Waals surface area (Å²) in [7, 11) is 0. The van der Waals surface area contributed by atoms with Crippen molar-refractivity contribution < 1.29 is 9.50 Å². The third-order valence-electron chi connectivity index (χ3n) is 3.28. The molecule has 88 valence electrons. The van der Waals surface area contributed by atoms with Crippen LogP contribution in [0.25, 0.3) is 0 Å². The Morgan fingerprint density at radius 2 is 2.19 bits per heavy atom. The molecule has 0 saturated heterocycles. The average molecular weight is 244 g/mol. The number of rotatable bonds is 4. The molecule has 0 aromatic heterocycles. The van der Waals surface area contributed by atoms with Crippen molar-refractivity contribution in [2.45, 2.75) is 31.3 Å². The van der Waals surface area contributed by atoms with Crippen LogP contribution in [0.3, 0.4) is 0 Å². The Labute approximate surface area is 99.4 Å². The predicted octanol–water partition coefficient (Wildman–Crippen LogP) is 2.48. The summed E-state index contributed by atoms with van der Waals surface area (Å²) in [5, 5.41) is 13.0. The molecule has 1 aliphatic carbocycles. The van der Waals surface area contributed by atoms with Crippen molar-refractivity contribution in [3.63, 3.8) is 0 Å². The lowest BCUT2D eigenvalue weighted by Crippen LogP contribution is -2.53. The third kappa shape index (κ3) is 2.37. The van der Waals surface area contributed by atoms with E-state index >= 15 is 0 Å². The van der Waals surface area contributed by atoms with Gasteiger partial charge in [0.1, 0.15) is 5.82 Å². The van der Waals surface area contributed by atoms with Crippen LogP contribution in [0.15, 0.2) is 18.2 Å². The fourth-order valence-electron chi connectivity index (χ4n) is 1.94. The van der Waals surface area contributed by atoms with Gasteiger partial charge in [-0.1, -0.05) is 17.7 Å². The van der Waals surface area contributed by atoms with Gasteiger partial charge in [-0.3, -0.25) is 0 Å². The molecule has 0 spiro atoms. The lowest BCUT2D eigenvalue weighted by molar-refractivity contribution is 0.0872. The van der Waals surface area contributed by atoms with Crippen LogP contribution in [0.4, 0.5) is 4.39 Å². The van der Waals surface area contributed by atoms with Gasteiger partial charge < -0.3 is 10.4 Å². The van der Waals surface area contributed by atoms with Crippen LogP contribution in [-0.4, -0.2) is 17.3 Å². The van der Waals surface area contributed by atoms with Crippen LogP contribution in [0.2, 0.25) is 5.02 Å². The second-order valence-electron chi connectivity index (χ2n) is 4.38. The summed E-state index contributed by atoms with van der Waals surface area (Å²) in [6.45, 7) is 0.714. The molecule has 0 atom stereocenters. The second-order valence-corrected chi connectivity index (χ2v) is 4.79. The zero-order valence-corrected chi connectivity index (χ0v) is 9.73. The monoisotopic (exact) mass is 243 g/mol. The van der Waals surface area contributed by atoms with E-state index in [1.54, 1.807) is 6.07 Å². The van der Waals surface area contributed by atoms with E-state index in [9.17, 15) is 9.50 Å². The van der Waals surface area contributed by atoms with Gasteiger partial charge in [0.2, 0.25) is 0 Å². The highest BCUT2D eigenvalue weighted by Crippen LogP contribution is 2.31. The van der Waals surface area contributed by atoms with E-state index in [4.69, 9.17) is 11.6 Å². The van der Waals surface area contributed by atoms with Gasteiger partial charge in [0.05, 0.1) is 6.61 Å². The Morgan fingerprint density at radius 1 is 1.44 bits per heavy atom. The van der Waals surface area contributed by atoms with E-state index in [-0.39, 0.29) is 18.0 Å². The first-order valence-electron chi connectivity index (χ1n) is 5.45. The highest BCUT2D eigenvalue weighted by Gasteiger charge is 2.35. The van der Waals surface area contributed by atoms with E-state index in [0.29, 0.717) is 11.6 Å². The molecule has 0 aliphatic heterocycles. The number of aliphatic hydroxyl groups excluding tert-OH is 1. The van der Waals surface area contributed by atoms with Crippen LogP contribution >= 0.6 is 11.6 Å². The Hall–Kier alpha value is -0.640. The molecule has 4 heteroatoms. The maximum atomic E-state index is 12.8. The minimum absolute atomic E-state index is 0.141. The largest absolute Gasteiger partial charge is 0.394 e. The standard InChI is InChI=1S/C12H15ClFNO/c13-11-6-10(14)3-2-9(11)7-15-12(8-16)4-1-5-12/h2-3,6,15-16H,1,4-5,7-8H2. The maximum Gasteiger partial charge on any atom is 0.124 e. The number of nitrogens with one attached hydrogen (secondary N) is 1. The first-order chi connectivity index (χ1) is 7.65. The quantitative estimate of drug-likeness (QED) is 0.852. The second kappa shape index (κ2) is 4.70. The van der Waals surface area contributed by atoms with Crippen LogP contribution in [0.5, 0.6) is 0 Å². The van der Waals surface area contributed by atoms with Gasteiger partial charge in [-0.2, -0.15) is 0 Å². The number of hydrogen-bond acceptors (Lipinski definition) is 2. The predicted molar refractivity (Wildman–Crippen MR) is 61.9 cm³/mol. The summed E-state index contributed by atoms with van der Waals surface area (Å²) >= 11 is 5.92. The molecule has 0 bridgehead atoms. The average Bonchev–Trinajstić information content (AvgIpc) is 2.19. The lowest BCUT2D eigenvalue weighted by Gasteiger charge is -2.41. The summed E-state index contributed by atoms with van der Waals surface area (Å²) in [5.74, 6) is -0.325. The van der Waals surface area contributed by atoms with Crippen LogP contribution in [0.1, 0.15) is 24.8 Å². The highest BCUT2D eigenvalue weighted by molar-refractivity contribution is 6.31. The molecule has 2 N–H and O–H groups in total. The minimum Gasteiger partial charge on any atom is -0.394 e. The molecule has 0 amide bonds. The molecular formula is C12H15ClFNO. The summed E-state index contributed by atoms with van der Waals surface area (Å²) < 4.78 is 12.8. The first kappa shape index (κ1) is 11.8. The Morgan fingerprint density at radius 3 is 2.69 bits per heavy atom. The highest BCUT2D eigenvalue weighted by atomic mass is 35.5. The molecule has 1 fully saturated rings. The van der Waals surface area contributed by atoms with Crippen LogP contribution < -0.4 is 5.32 Å². The third-order valence-corrected chi connectivity index (χ3v) is 3.63. The van der Waals surface area contributed by atoms with Crippen LogP contribution in [0, 0.1) is 5.82 Å². The van der Waals surface area contributed by atoms with Crippen molar-refractivity contribution in [2.75, 3.05) is 6.61 Å². The summed E-state index contributed by atoms with van der Waals surface area (Å²) in [5.41, 5.74) is 0.723. The smallest absolute Gasteiger partial charge is 0.124 e. The molecule has 2 nitrogen and oxygen atoms in total. The SMILES string of the molecule is OCC1(NCc2ccc(F)cc2Cl)CCC1. The van der Waals surface area contributed by atoms with Gasteiger partial charge in [0.15, 0.2) is 0 Å². The Kier molecular flexibility index (Phi) is 3.47. The van der Waals surface area contributed by atoms with Crippen LogP contribution in [-0.2, 0) is 6.54 Å². The number of halogens is 2. The fourth-order valence-corrected chi connectivity index (χ4v) is 2.18. The molecule has 0 unspecified atom stereocenters. The number of aliphatic hydroxyl groups is 1. The van der Waals surface area contributed by atoms with Crippen molar-refractivity contribution in [2.24, 2.45) is 0 Å². The number of benzene rings is 1. The van der Waals surface area contributed by atoms with Crippen molar-refractivity contribution in [3.8, 4) is 0 Å². The van der Waals surface area contributed by atoms with Crippen molar-refractivity contribution in [3.05, 3.63) is 34.6 Å². The maximum absolute atomic E-state index is 12.8. The van der Waals surface area contributed by atoms with Gasteiger partial charge in [0, 0.05) is 17.1 Å². The van der Waals surface area contributed by atoms with E-state index in [1.807, 2.05) is 0 Å².